The highest BCUT2D eigenvalue weighted by atomic mass is 19.1. The fourth-order valence-electron chi connectivity index (χ4n) is 2.24. The Morgan fingerprint density at radius 2 is 2.11 bits per heavy atom. The molecule has 0 bridgehead atoms. The molecule has 4 nitrogen and oxygen atoms in total. The zero-order chi connectivity index (χ0) is 13.2. The van der Waals surface area contributed by atoms with Crippen molar-refractivity contribution in [3.63, 3.8) is 0 Å². The first-order valence-corrected chi connectivity index (χ1v) is 5.93. The third-order valence-electron chi connectivity index (χ3n) is 3.42. The van der Waals surface area contributed by atoms with Crippen LogP contribution in [0.2, 0.25) is 0 Å². The van der Waals surface area contributed by atoms with Crippen molar-refractivity contribution in [3.8, 4) is 0 Å². The molecule has 0 aliphatic carbocycles. The number of piperidine rings is 1. The second-order valence-corrected chi connectivity index (χ2v) is 4.61. The number of nitrogens with two attached hydrogens (primary N) is 1. The van der Waals surface area contributed by atoms with Gasteiger partial charge in [-0.15, -0.1) is 0 Å². The van der Waals surface area contributed by atoms with Crippen molar-refractivity contribution in [2.24, 2.45) is 5.73 Å². The third kappa shape index (κ3) is 2.46. The molecule has 1 aromatic rings. The van der Waals surface area contributed by atoms with Crippen LogP contribution in [0.15, 0.2) is 24.3 Å². The minimum Gasteiger partial charge on any atom is -0.468 e. The largest absolute Gasteiger partial charge is 0.468 e. The first-order chi connectivity index (χ1) is 8.55. The Morgan fingerprint density at radius 1 is 1.44 bits per heavy atom. The van der Waals surface area contributed by atoms with Gasteiger partial charge in [0.05, 0.1) is 7.11 Å². The molecule has 0 amide bonds. The lowest BCUT2D eigenvalue weighted by atomic mass is 9.88. The molecule has 1 heterocycles. The molecule has 2 rings (SSSR count). The molecule has 1 fully saturated rings. The standard InChI is InChI=1S/C13H17FN2O2/c1-18-12(17)13(15)5-7-16(8-6-13)11-4-2-3-10(14)9-11/h2-4,9H,5-8,15H2,1H3. The summed E-state index contributed by atoms with van der Waals surface area (Å²) in [6.07, 6.45) is 1.02. The summed E-state index contributed by atoms with van der Waals surface area (Å²) in [5.74, 6) is -0.633. The van der Waals surface area contributed by atoms with Crippen LogP contribution >= 0.6 is 0 Å². The third-order valence-corrected chi connectivity index (χ3v) is 3.42. The van der Waals surface area contributed by atoms with Gasteiger partial charge in [0.15, 0.2) is 0 Å². The van der Waals surface area contributed by atoms with Crippen molar-refractivity contribution in [3.05, 3.63) is 30.1 Å². The zero-order valence-corrected chi connectivity index (χ0v) is 10.4. The van der Waals surface area contributed by atoms with Crippen molar-refractivity contribution in [1.29, 1.82) is 0 Å². The van der Waals surface area contributed by atoms with Crippen molar-refractivity contribution in [2.75, 3.05) is 25.1 Å². The first kappa shape index (κ1) is 12.8. The molecule has 1 aliphatic heterocycles. The van der Waals surface area contributed by atoms with Crippen LogP contribution in [0.25, 0.3) is 0 Å². The molecule has 2 N–H and O–H groups in total. The van der Waals surface area contributed by atoms with Gasteiger partial charge in [-0.3, -0.25) is 4.79 Å². The number of esters is 1. The lowest BCUT2D eigenvalue weighted by molar-refractivity contribution is -0.147. The highest BCUT2D eigenvalue weighted by Gasteiger charge is 2.38. The highest BCUT2D eigenvalue weighted by molar-refractivity contribution is 5.81. The Labute approximate surface area is 106 Å². The van der Waals surface area contributed by atoms with Crippen LogP contribution in [0.5, 0.6) is 0 Å². The maximum atomic E-state index is 13.1. The Balaban J connectivity index is 2.05. The van der Waals surface area contributed by atoms with E-state index in [0.29, 0.717) is 25.9 Å². The van der Waals surface area contributed by atoms with Gasteiger partial charge in [-0.2, -0.15) is 0 Å². The van der Waals surface area contributed by atoms with E-state index in [1.807, 2.05) is 11.0 Å². The number of hydrogen-bond donors (Lipinski definition) is 1. The van der Waals surface area contributed by atoms with Gasteiger partial charge >= 0.3 is 5.97 Å². The molecule has 5 heteroatoms. The van der Waals surface area contributed by atoms with Crippen molar-refractivity contribution < 1.29 is 13.9 Å². The van der Waals surface area contributed by atoms with E-state index in [1.54, 1.807) is 6.07 Å². The molecule has 0 atom stereocenters. The van der Waals surface area contributed by atoms with E-state index in [4.69, 9.17) is 10.5 Å². The predicted octanol–water partition coefficient (Wildman–Crippen LogP) is 1.30. The van der Waals surface area contributed by atoms with E-state index in [1.165, 1.54) is 19.2 Å². The maximum absolute atomic E-state index is 13.1. The van der Waals surface area contributed by atoms with E-state index in [0.717, 1.165) is 5.69 Å². The van der Waals surface area contributed by atoms with Crippen LogP contribution < -0.4 is 10.6 Å². The summed E-state index contributed by atoms with van der Waals surface area (Å²) in [5, 5.41) is 0. The molecule has 0 aromatic heterocycles. The van der Waals surface area contributed by atoms with Crippen molar-refractivity contribution in [2.45, 2.75) is 18.4 Å². The molecule has 0 unspecified atom stereocenters. The quantitative estimate of drug-likeness (QED) is 0.806. The Hall–Kier alpha value is -1.62. The van der Waals surface area contributed by atoms with Crippen LogP contribution in [0.4, 0.5) is 10.1 Å². The van der Waals surface area contributed by atoms with Crippen molar-refractivity contribution >= 4 is 11.7 Å². The smallest absolute Gasteiger partial charge is 0.325 e. The molecular formula is C13H17FN2O2. The highest BCUT2D eigenvalue weighted by Crippen LogP contribution is 2.25. The lowest BCUT2D eigenvalue weighted by Gasteiger charge is -2.38. The van der Waals surface area contributed by atoms with Crippen LogP contribution in [-0.4, -0.2) is 31.7 Å². The lowest BCUT2D eigenvalue weighted by Crippen LogP contribution is -2.56. The molecule has 1 aliphatic rings. The minimum atomic E-state index is -0.904. The number of carbonyl (C=O) groups is 1. The van der Waals surface area contributed by atoms with Crippen LogP contribution in [0, 0.1) is 5.82 Å². The monoisotopic (exact) mass is 252 g/mol. The second-order valence-electron chi connectivity index (χ2n) is 4.61. The molecule has 0 saturated carbocycles. The zero-order valence-electron chi connectivity index (χ0n) is 10.4. The van der Waals surface area contributed by atoms with E-state index < -0.39 is 5.54 Å². The Morgan fingerprint density at radius 3 is 2.67 bits per heavy atom. The van der Waals surface area contributed by atoms with E-state index in [9.17, 15) is 9.18 Å². The molecule has 0 radical (unpaired) electrons. The summed E-state index contributed by atoms with van der Waals surface area (Å²) in [6.45, 7) is 1.24. The number of rotatable bonds is 2. The molecule has 0 spiro atoms. The van der Waals surface area contributed by atoms with E-state index in [2.05, 4.69) is 0 Å². The van der Waals surface area contributed by atoms with Crippen LogP contribution in [0.3, 0.4) is 0 Å². The SMILES string of the molecule is COC(=O)C1(N)CCN(c2cccc(F)c2)CC1. The van der Waals surface area contributed by atoms with Gasteiger partial charge in [0, 0.05) is 18.8 Å². The summed E-state index contributed by atoms with van der Waals surface area (Å²) in [6, 6.07) is 6.43. The molecule has 98 valence electrons. The van der Waals surface area contributed by atoms with Gasteiger partial charge < -0.3 is 15.4 Å². The topological polar surface area (TPSA) is 55.6 Å². The average molecular weight is 252 g/mol. The van der Waals surface area contributed by atoms with Crippen molar-refractivity contribution in [1.82, 2.24) is 0 Å². The molecule has 18 heavy (non-hydrogen) atoms. The predicted molar refractivity (Wildman–Crippen MR) is 66.8 cm³/mol. The number of hydrogen-bond acceptors (Lipinski definition) is 4. The van der Waals surface area contributed by atoms with E-state index >= 15 is 0 Å². The number of benzene rings is 1. The number of carbonyl (C=O) groups excluding carboxylic acids is 1. The normalized spacial score (nSPS) is 18.5. The summed E-state index contributed by atoms with van der Waals surface area (Å²) in [7, 11) is 1.34. The number of methoxy groups -OCH3 is 1. The molecule has 1 aromatic carbocycles. The molecule has 1 saturated heterocycles. The van der Waals surface area contributed by atoms with Crippen LogP contribution in [-0.2, 0) is 9.53 Å². The Bertz CT molecular complexity index is 442. The van der Waals surface area contributed by atoms with Crippen LogP contribution in [0.1, 0.15) is 12.8 Å². The van der Waals surface area contributed by atoms with Gasteiger partial charge in [0.2, 0.25) is 0 Å². The van der Waals surface area contributed by atoms with E-state index in [-0.39, 0.29) is 11.8 Å². The fourth-order valence-corrected chi connectivity index (χ4v) is 2.24. The minimum absolute atomic E-state index is 0.259. The number of ether oxygens (including phenoxy) is 1. The van der Waals surface area contributed by atoms with Gasteiger partial charge in [-0.05, 0) is 31.0 Å². The summed E-state index contributed by atoms with van der Waals surface area (Å²) in [5.41, 5.74) is 5.93. The number of halogens is 1. The summed E-state index contributed by atoms with van der Waals surface area (Å²) in [4.78, 5) is 13.6. The number of nitrogens with zero attached hydrogens (tertiary/aromatic N) is 1. The van der Waals surface area contributed by atoms with Gasteiger partial charge in [0.1, 0.15) is 11.4 Å². The summed E-state index contributed by atoms with van der Waals surface area (Å²) < 4.78 is 17.8. The fraction of sp³-hybridized carbons (Fsp3) is 0.462. The second kappa shape index (κ2) is 4.94. The molecular weight excluding hydrogens is 235 g/mol. The van der Waals surface area contributed by atoms with Gasteiger partial charge in [-0.1, -0.05) is 6.07 Å². The van der Waals surface area contributed by atoms with Gasteiger partial charge in [-0.25, -0.2) is 4.39 Å². The number of anilines is 1. The van der Waals surface area contributed by atoms with Gasteiger partial charge in [0.25, 0.3) is 0 Å². The average Bonchev–Trinajstić information content (AvgIpc) is 2.38. The Kier molecular flexibility index (Phi) is 3.52. The maximum Gasteiger partial charge on any atom is 0.325 e. The summed E-state index contributed by atoms with van der Waals surface area (Å²) >= 11 is 0. The first-order valence-electron chi connectivity index (χ1n) is 5.93.